The fourth-order valence-electron chi connectivity index (χ4n) is 2.32. The van der Waals surface area contributed by atoms with Crippen molar-refractivity contribution in [1.82, 2.24) is 19.9 Å². The molecule has 0 aliphatic rings. The first-order chi connectivity index (χ1) is 12.2. The fraction of sp³-hybridized carbons (Fsp3) is 0. The first kappa shape index (κ1) is 15.0. The summed E-state index contributed by atoms with van der Waals surface area (Å²) in [7, 11) is 0. The van der Waals surface area contributed by atoms with Crippen molar-refractivity contribution < 1.29 is 8.78 Å². The van der Waals surface area contributed by atoms with E-state index < -0.39 is 11.6 Å². The van der Waals surface area contributed by atoms with Crippen LogP contribution in [-0.2, 0) is 0 Å². The lowest BCUT2D eigenvalue weighted by molar-refractivity contribution is 0.631. The number of nitrogens with zero attached hydrogens (tertiary/aromatic N) is 3. The number of anilines is 4. The van der Waals surface area contributed by atoms with Crippen LogP contribution in [-0.4, -0.2) is 19.9 Å². The van der Waals surface area contributed by atoms with Crippen LogP contribution in [0.5, 0.6) is 0 Å². The Labute approximate surface area is 141 Å². The van der Waals surface area contributed by atoms with Crippen molar-refractivity contribution in [3.63, 3.8) is 0 Å². The molecule has 0 spiro atoms. The summed E-state index contributed by atoms with van der Waals surface area (Å²) in [6.45, 7) is 0. The Morgan fingerprint density at radius 2 is 1.32 bits per heavy atom. The second-order valence-corrected chi connectivity index (χ2v) is 5.21. The number of fused-ring (bicyclic) bond motifs is 1. The van der Waals surface area contributed by atoms with E-state index in [9.17, 15) is 8.78 Å². The van der Waals surface area contributed by atoms with E-state index in [0.29, 0.717) is 11.3 Å². The van der Waals surface area contributed by atoms with Gasteiger partial charge in [-0.2, -0.15) is 0 Å². The maximum atomic E-state index is 13.9. The van der Waals surface area contributed by atoms with Gasteiger partial charge in [0.1, 0.15) is 11.6 Å². The van der Waals surface area contributed by atoms with E-state index >= 15 is 0 Å². The predicted molar refractivity (Wildman–Crippen MR) is 91.0 cm³/mol. The zero-order chi connectivity index (χ0) is 17.2. The summed E-state index contributed by atoms with van der Waals surface area (Å²) in [6, 6.07) is 12.3. The molecule has 0 fully saturated rings. The molecule has 0 unspecified atom stereocenters. The number of aromatic nitrogens is 4. The molecule has 0 atom stereocenters. The van der Waals surface area contributed by atoms with Crippen LogP contribution in [0.1, 0.15) is 0 Å². The zero-order valence-corrected chi connectivity index (χ0v) is 12.8. The third-order valence-electron chi connectivity index (χ3n) is 3.52. The number of hydrogen-bond donors (Lipinski definition) is 3. The monoisotopic (exact) mass is 338 g/mol. The minimum absolute atomic E-state index is 0.225. The molecule has 0 saturated carbocycles. The molecule has 4 aromatic rings. The third-order valence-corrected chi connectivity index (χ3v) is 3.52. The van der Waals surface area contributed by atoms with Crippen molar-refractivity contribution in [3.8, 4) is 0 Å². The number of rotatable bonds is 4. The fourth-order valence-corrected chi connectivity index (χ4v) is 2.32. The number of halogens is 2. The largest absolute Gasteiger partial charge is 0.335 e. The first-order valence-electron chi connectivity index (χ1n) is 7.45. The molecule has 0 radical (unpaired) electrons. The minimum atomic E-state index is -0.441. The molecule has 3 N–H and O–H groups in total. The SMILES string of the molecule is Fc1ccccc1Nc1nc2nc[nH]c2nc1Nc1ccccc1F. The van der Waals surface area contributed by atoms with Crippen LogP contribution in [0, 0.1) is 11.6 Å². The van der Waals surface area contributed by atoms with E-state index in [1.165, 1.54) is 18.5 Å². The van der Waals surface area contributed by atoms with Gasteiger partial charge in [-0.15, -0.1) is 0 Å². The van der Waals surface area contributed by atoms with Crippen molar-refractivity contribution in [2.45, 2.75) is 0 Å². The summed E-state index contributed by atoms with van der Waals surface area (Å²) >= 11 is 0. The topological polar surface area (TPSA) is 78.5 Å². The van der Waals surface area contributed by atoms with E-state index in [4.69, 9.17) is 0 Å². The Morgan fingerprint density at radius 3 is 1.92 bits per heavy atom. The zero-order valence-electron chi connectivity index (χ0n) is 12.8. The van der Waals surface area contributed by atoms with Crippen LogP contribution in [0.25, 0.3) is 11.3 Å². The molecule has 6 nitrogen and oxygen atoms in total. The quantitative estimate of drug-likeness (QED) is 0.522. The Balaban J connectivity index is 1.78. The predicted octanol–water partition coefficient (Wildman–Crippen LogP) is 4.12. The van der Waals surface area contributed by atoms with Crippen LogP contribution in [0.4, 0.5) is 31.8 Å². The van der Waals surface area contributed by atoms with Gasteiger partial charge in [-0.1, -0.05) is 24.3 Å². The Morgan fingerprint density at radius 1 is 0.760 bits per heavy atom. The van der Waals surface area contributed by atoms with Gasteiger partial charge in [0.25, 0.3) is 0 Å². The second kappa shape index (κ2) is 6.16. The van der Waals surface area contributed by atoms with Crippen LogP contribution >= 0.6 is 0 Å². The maximum absolute atomic E-state index is 13.9. The van der Waals surface area contributed by atoms with Gasteiger partial charge >= 0.3 is 0 Å². The molecule has 0 aliphatic heterocycles. The standard InChI is InChI=1S/C17H12F2N6/c18-10-5-1-3-7-12(10)22-16-17(23-13-8-4-2-6-11(13)19)25-15-14(24-16)20-9-21-15/h1-9H,(H3,20,21,22,23,24,25). The van der Waals surface area contributed by atoms with E-state index in [1.54, 1.807) is 36.4 Å². The highest BCUT2D eigenvalue weighted by atomic mass is 19.1. The molecular weight excluding hydrogens is 326 g/mol. The van der Waals surface area contributed by atoms with Gasteiger partial charge in [0.2, 0.25) is 0 Å². The van der Waals surface area contributed by atoms with Crippen molar-refractivity contribution in [3.05, 3.63) is 66.5 Å². The number of para-hydroxylation sites is 2. The molecule has 25 heavy (non-hydrogen) atoms. The molecule has 2 aromatic heterocycles. The van der Waals surface area contributed by atoms with Gasteiger partial charge in [0.15, 0.2) is 22.9 Å². The average molecular weight is 338 g/mol. The Bertz CT molecular complexity index is 965. The van der Waals surface area contributed by atoms with Crippen LogP contribution < -0.4 is 10.6 Å². The van der Waals surface area contributed by atoms with Gasteiger partial charge < -0.3 is 15.6 Å². The summed E-state index contributed by atoms with van der Waals surface area (Å²) in [6.07, 6.45) is 1.45. The number of nitrogens with one attached hydrogen (secondary N) is 3. The van der Waals surface area contributed by atoms with Crippen molar-refractivity contribution in [2.24, 2.45) is 0 Å². The van der Waals surface area contributed by atoms with Gasteiger partial charge in [-0.05, 0) is 24.3 Å². The normalized spacial score (nSPS) is 10.8. The summed E-state index contributed by atoms with van der Waals surface area (Å²) in [5.74, 6) is -0.410. The minimum Gasteiger partial charge on any atom is -0.335 e. The second-order valence-electron chi connectivity index (χ2n) is 5.21. The van der Waals surface area contributed by atoms with E-state index in [2.05, 4.69) is 30.6 Å². The van der Waals surface area contributed by atoms with Crippen molar-refractivity contribution >= 4 is 34.3 Å². The molecule has 0 aliphatic carbocycles. The highest BCUT2D eigenvalue weighted by molar-refractivity contribution is 5.79. The lowest BCUT2D eigenvalue weighted by Gasteiger charge is -2.13. The lowest BCUT2D eigenvalue weighted by atomic mass is 10.3. The summed E-state index contributed by atoms with van der Waals surface area (Å²) in [4.78, 5) is 15.6. The number of aromatic amines is 1. The summed E-state index contributed by atoms with van der Waals surface area (Å²) in [5.41, 5.74) is 1.24. The molecule has 4 rings (SSSR count). The summed E-state index contributed by atoms with van der Waals surface area (Å²) in [5, 5.41) is 5.76. The molecule has 0 bridgehead atoms. The van der Waals surface area contributed by atoms with Crippen LogP contribution in [0.15, 0.2) is 54.9 Å². The number of benzene rings is 2. The third kappa shape index (κ3) is 2.97. The smallest absolute Gasteiger partial charge is 0.199 e. The molecule has 0 saturated heterocycles. The van der Waals surface area contributed by atoms with Gasteiger partial charge in [-0.3, -0.25) is 0 Å². The Kier molecular flexibility index (Phi) is 3.70. The van der Waals surface area contributed by atoms with Gasteiger partial charge in [0, 0.05) is 0 Å². The number of imidazole rings is 1. The summed E-state index contributed by atoms with van der Waals surface area (Å²) < 4.78 is 27.9. The van der Waals surface area contributed by atoms with E-state index in [1.807, 2.05) is 0 Å². The molecule has 2 aromatic carbocycles. The highest BCUT2D eigenvalue weighted by Gasteiger charge is 2.14. The lowest BCUT2D eigenvalue weighted by Crippen LogP contribution is -2.05. The van der Waals surface area contributed by atoms with Crippen molar-refractivity contribution in [1.29, 1.82) is 0 Å². The molecule has 2 heterocycles. The molecule has 124 valence electrons. The van der Waals surface area contributed by atoms with Gasteiger partial charge in [-0.25, -0.2) is 23.7 Å². The highest BCUT2D eigenvalue weighted by Crippen LogP contribution is 2.28. The van der Waals surface area contributed by atoms with Crippen molar-refractivity contribution in [2.75, 3.05) is 10.6 Å². The van der Waals surface area contributed by atoms with E-state index in [0.717, 1.165) is 0 Å². The maximum Gasteiger partial charge on any atom is 0.199 e. The molecule has 8 heteroatoms. The average Bonchev–Trinajstić information content (AvgIpc) is 3.06. The van der Waals surface area contributed by atoms with Crippen LogP contribution in [0.2, 0.25) is 0 Å². The number of H-pyrrole nitrogens is 1. The number of hydrogen-bond acceptors (Lipinski definition) is 5. The Hall–Kier alpha value is -3.55. The van der Waals surface area contributed by atoms with Crippen LogP contribution in [0.3, 0.4) is 0 Å². The van der Waals surface area contributed by atoms with E-state index in [-0.39, 0.29) is 23.0 Å². The first-order valence-corrected chi connectivity index (χ1v) is 7.45. The molecule has 0 amide bonds. The molecular formula is C17H12F2N6. The van der Waals surface area contributed by atoms with Gasteiger partial charge in [0.05, 0.1) is 17.7 Å².